The first-order chi connectivity index (χ1) is 10.4. The Morgan fingerprint density at radius 1 is 1.18 bits per heavy atom. The smallest absolute Gasteiger partial charge is 0.422 e. The summed E-state index contributed by atoms with van der Waals surface area (Å²) in [7, 11) is 0. The van der Waals surface area contributed by atoms with Gasteiger partial charge in [-0.3, -0.25) is 0 Å². The van der Waals surface area contributed by atoms with Crippen molar-refractivity contribution < 1.29 is 22.3 Å². The Hall–Kier alpha value is -2.84. The predicted octanol–water partition coefficient (Wildman–Crippen LogP) is 3.26. The van der Waals surface area contributed by atoms with Crippen LogP contribution in [0, 0.1) is 5.82 Å². The van der Waals surface area contributed by atoms with Crippen LogP contribution < -0.4 is 10.5 Å². The van der Waals surface area contributed by atoms with Gasteiger partial charge in [0.25, 0.3) is 0 Å². The topological polar surface area (TPSA) is 65.4 Å². The molecule has 0 saturated carbocycles. The van der Waals surface area contributed by atoms with Crippen LogP contribution in [0.2, 0.25) is 0 Å². The van der Waals surface area contributed by atoms with Crippen LogP contribution in [-0.4, -0.2) is 14.6 Å². The monoisotopic (exact) mass is 312 g/mol. The van der Waals surface area contributed by atoms with Gasteiger partial charge < -0.3 is 10.5 Å². The molecule has 0 radical (unpaired) electrons. The summed E-state index contributed by atoms with van der Waals surface area (Å²) in [5.41, 5.74) is 3.41. The fraction of sp³-hybridized carbons (Fsp3) is 0.0769. The first-order valence-corrected chi connectivity index (χ1v) is 5.98. The molecule has 2 aromatic heterocycles. The molecule has 2 heterocycles. The first kappa shape index (κ1) is 14.1. The Balaban J connectivity index is 2.06. The highest BCUT2D eigenvalue weighted by atomic mass is 19.4. The minimum absolute atomic E-state index is 0.0650. The van der Waals surface area contributed by atoms with Crippen LogP contribution in [-0.2, 0) is 6.18 Å². The minimum Gasteiger partial charge on any atom is -0.456 e. The largest absolute Gasteiger partial charge is 0.456 e. The fourth-order valence-electron chi connectivity index (χ4n) is 1.91. The molecule has 3 rings (SSSR count). The van der Waals surface area contributed by atoms with E-state index in [4.69, 9.17) is 10.5 Å². The minimum atomic E-state index is -4.94. The number of fused-ring (bicyclic) bond motifs is 1. The lowest BCUT2D eigenvalue weighted by atomic mass is 10.1. The quantitative estimate of drug-likeness (QED) is 0.582. The molecule has 114 valence electrons. The Kier molecular flexibility index (Phi) is 3.12. The molecule has 22 heavy (non-hydrogen) atoms. The van der Waals surface area contributed by atoms with Crippen LogP contribution in [0.1, 0.15) is 5.56 Å². The molecular formula is C13H8F4N4O. The molecule has 3 aromatic rings. The molecule has 0 aliphatic rings. The van der Waals surface area contributed by atoms with Gasteiger partial charge in [-0.25, -0.2) is 13.9 Å². The lowest BCUT2D eigenvalue weighted by molar-refractivity contribution is -0.140. The van der Waals surface area contributed by atoms with Crippen LogP contribution in [0.4, 0.5) is 23.2 Å². The maximum absolute atomic E-state index is 13.7. The number of anilines is 1. The Bertz CT molecular complexity index is 844. The number of nitrogens with two attached hydrogens (primary N) is 1. The second-order valence-corrected chi connectivity index (χ2v) is 4.37. The number of alkyl halides is 3. The van der Waals surface area contributed by atoms with E-state index in [0.29, 0.717) is 5.65 Å². The van der Waals surface area contributed by atoms with E-state index in [9.17, 15) is 17.6 Å². The number of pyridine rings is 1. The average Bonchev–Trinajstić information content (AvgIpc) is 2.89. The van der Waals surface area contributed by atoms with E-state index in [1.165, 1.54) is 29.2 Å². The van der Waals surface area contributed by atoms with E-state index in [1.807, 2.05) is 0 Å². The van der Waals surface area contributed by atoms with E-state index in [-0.39, 0.29) is 5.75 Å². The number of nitrogen functional groups attached to an aromatic ring is 1. The standard InChI is InChI=1S/C13H8F4N4O/c14-12-8(18)1-2-9(11(12)13(15,16)17)22-7-3-4-21-10(5-7)19-6-20-21/h1-6H,18H2. The molecule has 0 amide bonds. The van der Waals surface area contributed by atoms with E-state index >= 15 is 0 Å². The third kappa shape index (κ3) is 2.41. The van der Waals surface area contributed by atoms with E-state index in [2.05, 4.69) is 10.1 Å². The molecule has 1 aromatic carbocycles. The molecule has 0 bridgehead atoms. The molecule has 2 N–H and O–H groups in total. The highest BCUT2D eigenvalue weighted by Gasteiger charge is 2.39. The molecule has 0 spiro atoms. The molecule has 5 nitrogen and oxygen atoms in total. The molecule has 0 fully saturated rings. The van der Waals surface area contributed by atoms with Crippen molar-refractivity contribution in [1.29, 1.82) is 0 Å². The van der Waals surface area contributed by atoms with Crippen molar-refractivity contribution in [3.05, 3.63) is 48.2 Å². The zero-order chi connectivity index (χ0) is 15.9. The van der Waals surface area contributed by atoms with Crippen molar-refractivity contribution in [2.45, 2.75) is 6.18 Å². The fourth-order valence-corrected chi connectivity index (χ4v) is 1.91. The maximum Gasteiger partial charge on any atom is 0.422 e. The highest BCUT2D eigenvalue weighted by molar-refractivity contribution is 5.53. The lowest BCUT2D eigenvalue weighted by Gasteiger charge is -2.15. The van der Waals surface area contributed by atoms with Crippen molar-refractivity contribution in [1.82, 2.24) is 14.6 Å². The summed E-state index contributed by atoms with van der Waals surface area (Å²) in [4.78, 5) is 3.88. The number of rotatable bonds is 2. The normalized spacial score (nSPS) is 11.8. The molecule has 9 heteroatoms. The zero-order valence-electron chi connectivity index (χ0n) is 10.8. The van der Waals surface area contributed by atoms with Crippen molar-refractivity contribution in [3.63, 3.8) is 0 Å². The number of benzene rings is 1. The number of ether oxygens (including phenoxy) is 1. The molecule has 0 aliphatic heterocycles. The second-order valence-electron chi connectivity index (χ2n) is 4.37. The summed E-state index contributed by atoms with van der Waals surface area (Å²) in [5.74, 6) is -2.17. The van der Waals surface area contributed by atoms with Crippen LogP contribution in [0.15, 0.2) is 36.8 Å². The van der Waals surface area contributed by atoms with Crippen molar-refractivity contribution in [3.8, 4) is 11.5 Å². The van der Waals surface area contributed by atoms with Gasteiger partial charge in [0.1, 0.15) is 23.4 Å². The summed E-state index contributed by atoms with van der Waals surface area (Å²) < 4.78 is 59.2. The summed E-state index contributed by atoms with van der Waals surface area (Å²) in [5, 5.41) is 3.84. The molecular weight excluding hydrogens is 304 g/mol. The Labute approximate surface area is 120 Å². The number of hydrogen-bond donors (Lipinski definition) is 1. The molecule has 0 unspecified atom stereocenters. The van der Waals surface area contributed by atoms with Gasteiger partial charge in [-0.2, -0.15) is 18.3 Å². The van der Waals surface area contributed by atoms with Gasteiger partial charge in [0.2, 0.25) is 0 Å². The molecule has 0 aliphatic carbocycles. The van der Waals surface area contributed by atoms with Crippen LogP contribution >= 0.6 is 0 Å². The third-order valence-corrected chi connectivity index (χ3v) is 2.90. The van der Waals surface area contributed by atoms with Gasteiger partial charge in [0.05, 0.1) is 5.69 Å². The molecule has 0 saturated heterocycles. The number of halogens is 4. The van der Waals surface area contributed by atoms with Crippen molar-refractivity contribution in [2.75, 3.05) is 5.73 Å². The van der Waals surface area contributed by atoms with Gasteiger partial charge in [0.15, 0.2) is 11.5 Å². The van der Waals surface area contributed by atoms with Crippen molar-refractivity contribution >= 4 is 11.3 Å². The molecule has 0 atom stereocenters. The zero-order valence-corrected chi connectivity index (χ0v) is 10.8. The van der Waals surface area contributed by atoms with Crippen LogP contribution in [0.3, 0.4) is 0 Å². The summed E-state index contributed by atoms with van der Waals surface area (Å²) in [6.45, 7) is 0. The Morgan fingerprint density at radius 3 is 2.68 bits per heavy atom. The summed E-state index contributed by atoms with van der Waals surface area (Å²) in [6.07, 6.45) is -2.20. The average molecular weight is 312 g/mol. The first-order valence-electron chi connectivity index (χ1n) is 5.98. The second kappa shape index (κ2) is 4.86. The van der Waals surface area contributed by atoms with Crippen LogP contribution in [0.25, 0.3) is 5.65 Å². The Morgan fingerprint density at radius 2 is 1.95 bits per heavy atom. The highest BCUT2D eigenvalue weighted by Crippen LogP contribution is 2.41. The van der Waals surface area contributed by atoms with Gasteiger partial charge >= 0.3 is 6.18 Å². The van der Waals surface area contributed by atoms with Gasteiger partial charge in [0, 0.05) is 12.3 Å². The van der Waals surface area contributed by atoms with E-state index < -0.39 is 29.0 Å². The SMILES string of the molecule is Nc1ccc(Oc2ccn3ncnc3c2)c(C(F)(F)F)c1F. The van der Waals surface area contributed by atoms with Gasteiger partial charge in [-0.1, -0.05) is 0 Å². The number of hydrogen-bond acceptors (Lipinski definition) is 4. The number of nitrogens with zero attached hydrogens (tertiary/aromatic N) is 3. The third-order valence-electron chi connectivity index (χ3n) is 2.90. The van der Waals surface area contributed by atoms with Crippen molar-refractivity contribution in [2.24, 2.45) is 0 Å². The van der Waals surface area contributed by atoms with Gasteiger partial charge in [-0.15, -0.1) is 0 Å². The number of aromatic nitrogens is 3. The lowest BCUT2D eigenvalue weighted by Crippen LogP contribution is -2.12. The van der Waals surface area contributed by atoms with Crippen LogP contribution in [0.5, 0.6) is 11.5 Å². The predicted molar refractivity (Wildman–Crippen MR) is 68.9 cm³/mol. The maximum atomic E-state index is 13.7. The summed E-state index contributed by atoms with van der Waals surface area (Å²) >= 11 is 0. The van der Waals surface area contributed by atoms with E-state index in [0.717, 1.165) is 12.1 Å². The summed E-state index contributed by atoms with van der Waals surface area (Å²) in [6, 6.07) is 4.74. The van der Waals surface area contributed by atoms with Gasteiger partial charge in [-0.05, 0) is 18.2 Å². The van der Waals surface area contributed by atoms with E-state index in [1.54, 1.807) is 0 Å².